The molecular formula is C18H18N4O5. The first-order chi connectivity index (χ1) is 12.8. The standard InChI is InChI=1S/C18H18N4O5/c1-12-6-7-15(8-13(12)2)21-18(24)11-27-19-10-17(23)20-14-4-3-5-16(9-14)22(25)26/h3-10H,11H2,1-2H3,(H,20,23)(H,21,24)/b19-10-. The summed E-state index contributed by atoms with van der Waals surface area (Å²) in [5, 5.41) is 19.2. The van der Waals surface area contributed by atoms with E-state index in [2.05, 4.69) is 15.8 Å². The van der Waals surface area contributed by atoms with Gasteiger partial charge < -0.3 is 15.5 Å². The third kappa shape index (κ3) is 6.24. The quantitative estimate of drug-likeness (QED) is 0.441. The number of nitro groups is 1. The molecule has 0 atom stereocenters. The maximum Gasteiger partial charge on any atom is 0.271 e. The third-order valence-corrected chi connectivity index (χ3v) is 3.56. The fourth-order valence-electron chi connectivity index (χ4n) is 2.07. The summed E-state index contributed by atoms with van der Waals surface area (Å²) in [6, 6.07) is 11.0. The number of nitrogens with zero attached hydrogens (tertiary/aromatic N) is 2. The summed E-state index contributed by atoms with van der Waals surface area (Å²) in [6.07, 6.45) is 0.835. The van der Waals surface area contributed by atoms with Gasteiger partial charge >= 0.3 is 0 Å². The maximum absolute atomic E-state index is 11.8. The van der Waals surface area contributed by atoms with E-state index in [1.54, 1.807) is 6.07 Å². The van der Waals surface area contributed by atoms with E-state index in [-0.39, 0.29) is 18.0 Å². The van der Waals surface area contributed by atoms with E-state index in [1.807, 2.05) is 26.0 Å². The van der Waals surface area contributed by atoms with E-state index >= 15 is 0 Å². The molecule has 0 bridgehead atoms. The minimum absolute atomic E-state index is 0.149. The highest BCUT2D eigenvalue weighted by atomic mass is 16.6. The van der Waals surface area contributed by atoms with Gasteiger partial charge in [0, 0.05) is 23.5 Å². The van der Waals surface area contributed by atoms with Gasteiger partial charge in [-0.05, 0) is 43.2 Å². The fourth-order valence-corrected chi connectivity index (χ4v) is 2.07. The second-order valence-corrected chi connectivity index (χ2v) is 5.65. The van der Waals surface area contributed by atoms with Crippen LogP contribution < -0.4 is 10.6 Å². The summed E-state index contributed by atoms with van der Waals surface area (Å²) in [4.78, 5) is 38.4. The molecule has 0 fully saturated rings. The molecule has 9 nitrogen and oxygen atoms in total. The van der Waals surface area contributed by atoms with Crippen molar-refractivity contribution in [2.45, 2.75) is 13.8 Å². The summed E-state index contributed by atoms with van der Waals surface area (Å²) in [5.74, 6) is -1.07. The highest BCUT2D eigenvalue weighted by molar-refractivity contribution is 6.31. The van der Waals surface area contributed by atoms with Crippen LogP contribution in [0.1, 0.15) is 11.1 Å². The predicted octanol–water partition coefficient (Wildman–Crippen LogP) is 2.79. The Bertz CT molecular complexity index is 895. The highest BCUT2D eigenvalue weighted by Gasteiger charge is 2.07. The molecule has 2 amide bonds. The number of oxime groups is 1. The lowest BCUT2D eigenvalue weighted by molar-refractivity contribution is -0.384. The first-order valence-corrected chi connectivity index (χ1v) is 7.93. The summed E-state index contributed by atoms with van der Waals surface area (Å²) in [7, 11) is 0. The van der Waals surface area contributed by atoms with Crippen LogP contribution in [0.4, 0.5) is 17.1 Å². The summed E-state index contributed by atoms with van der Waals surface area (Å²) in [5.41, 5.74) is 2.89. The molecule has 2 N–H and O–H groups in total. The number of anilines is 2. The van der Waals surface area contributed by atoms with Gasteiger partial charge in [0.05, 0.1) is 4.92 Å². The molecule has 0 saturated heterocycles. The van der Waals surface area contributed by atoms with Crippen LogP contribution in [0.25, 0.3) is 0 Å². The lowest BCUT2D eigenvalue weighted by Crippen LogP contribution is -2.18. The molecule has 0 spiro atoms. The van der Waals surface area contributed by atoms with Crippen LogP contribution in [0, 0.1) is 24.0 Å². The van der Waals surface area contributed by atoms with Gasteiger partial charge in [0.2, 0.25) is 0 Å². The zero-order valence-electron chi connectivity index (χ0n) is 14.8. The first-order valence-electron chi connectivity index (χ1n) is 7.93. The molecule has 0 aliphatic carbocycles. The number of non-ortho nitro benzene ring substituents is 1. The van der Waals surface area contributed by atoms with Crippen molar-refractivity contribution in [2.75, 3.05) is 17.2 Å². The number of carbonyl (C=O) groups excluding carboxylic acids is 2. The Hall–Kier alpha value is -3.75. The molecule has 0 radical (unpaired) electrons. The molecule has 140 valence electrons. The van der Waals surface area contributed by atoms with Crippen LogP contribution in [0.3, 0.4) is 0 Å². The Balaban J connectivity index is 1.78. The molecule has 2 rings (SSSR count). The SMILES string of the molecule is Cc1ccc(NC(=O)CO/N=C\C(=O)Nc2cccc([N+](=O)[O-])c2)cc1C. The molecule has 27 heavy (non-hydrogen) atoms. The van der Waals surface area contributed by atoms with Crippen molar-refractivity contribution >= 4 is 35.1 Å². The van der Waals surface area contributed by atoms with E-state index in [0.29, 0.717) is 5.69 Å². The van der Waals surface area contributed by atoms with Gasteiger partial charge in [0.15, 0.2) is 6.61 Å². The van der Waals surface area contributed by atoms with Crippen molar-refractivity contribution in [1.82, 2.24) is 0 Å². The van der Waals surface area contributed by atoms with Gasteiger partial charge in [0.25, 0.3) is 17.5 Å². The van der Waals surface area contributed by atoms with Crippen LogP contribution in [0.5, 0.6) is 0 Å². The van der Waals surface area contributed by atoms with E-state index in [9.17, 15) is 19.7 Å². The zero-order chi connectivity index (χ0) is 19.8. The van der Waals surface area contributed by atoms with Crippen LogP contribution in [-0.4, -0.2) is 29.6 Å². The van der Waals surface area contributed by atoms with Gasteiger partial charge in [-0.3, -0.25) is 19.7 Å². The van der Waals surface area contributed by atoms with Crippen molar-refractivity contribution in [3.05, 3.63) is 63.7 Å². The summed E-state index contributed by atoms with van der Waals surface area (Å²) < 4.78 is 0. The molecule has 2 aromatic carbocycles. The second kappa shape index (κ2) is 9.09. The topological polar surface area (TPSA) is 123 Å². The van der Waals surface area contributed by atoms with E-state index < -0.39 is 16.7 Å². The number of nitro benzene ring substituents is 1. The lowest BCUT2D eigenvalue weighted by Gasteiger charge is -2.07. The van der Waals surface area contributed by atoms with Crippen LogP contribution in [-0.2, 0) is 14.4 Å². The Labute approximate surface area is 155 Å². The molecule has 0 aliphatic rings. The molecule has 0 aliphatic heterocycles. The minimum atomic E-state index is -0.648. The third-order valence-electron chi connectivity index (χ3n) is 3.56. The number of hydrogen-bond donors (Lipinski definition) is 2. The monoisotopic (exact) mass is 370 g/mol. The van der Waals surface area contributed by atoms with Gasteiger partial charge in [-0.25, -0.2) is 0 Å². The van der Waals surface area contributed by atoms with Gasteiger partial charge in [-0.2, -0.15) is 0 Å². The van der Waals surface area contributed by atoms with Crippen molar-refractivity contribution < 1.29 is 19.3 Å². The first kappa shape index (κ1) is 19.6. The predicted molar refractivity (Wildman–Crippen MR) is 101 cm³/mol. The molecule has 0 saturated carbocycles. The number of carbonyl (C=O) groups is 2. The van der Waals surface area contributed by atoms with Gasteiger partial charge in [0.1, 0.15) is 6.21 Å². The smallest absolute Gasteiger partial charge is 0.271 e. The normalized spacial score (nSPS) is 10.4. The molecule has 9 heteroatoms. The average Bonchev–Trinajstić information content (AvgIpc) is 2.62. The van der Waals surface area contributed by atoms with Gasteiger partial charge in [-0.15, -0.1) is 0 Å². The van der Waals surface area contributed by atoms with Crippen molar-refractivity contribution in [1.29, 1.82) is 0 Å². The number of benzene rings is 2. The van der Waals surface area contributed by atoms with Crippen molar-refractivity contribution in [2.24, 2.45) is 5.16 Å². The maximum atomic E-state index is 11.8. The number of aryl methyl sites for hydroxylation is 2. The van der Waals surface area contributed by atoms with E-state index in [4.69, 9.17) is 4.84 Å². The van der Waals surface area contributed by atoms with Crippen molar-refractivity contribution in [3.8, 4) is 0 Å². The zero-order valence-corrected chi connectivity index (χ0v) is 14.8. The largest absolute Gasteiger partial charge is 0.385 e. The highest BCUT2D eigenvalue weighted by Crippen LogP contribution is 2.16. The Morgan fingerprint density at radius 3 is 2.56 bits per heavy atom. The number of hydrogen-bond acceptors (Lipinski definition) is 6. The molecule has 0 heterocycles. The number of rotatable bonds is 7. The van der Waals surface area contributed by atoms with Crippen LogP contribution in [0.2, 0.25) is 0 Å². The Morgan fingerprint density at radius 2 is 1.85 bits per heavy atom. The van der Waals surface area contributed by atoms with Gasteiger partial charge in [-0.1, -0.05) is 17.3 Å². The lowest BCUT2D eigenvalue weighted by atomic mass is 10.1. The average molecular weight is 370 g/mol. The Morgan fingerprint density at radius 1 is 1.11 bits per heavy atom. The minimum Gasteiger partial charge on any atom is -0.385 e. The molecular weight excluding hydrogens is 352 g/mol. The number of nitrogens with one attached hydrogen (secondary N) is 2. The fraction of sp³-hybridized carbons (Fsp3) is 0.167. The number of amides is 2. The molecule has 0 unspecified atom stereocenters. The molecule has 2 aromatic rings. The van der Waals surface area contributed by atoms with Crippen molar-refractivity contribution in [3.63, 3.8) is 0 Å². The van der Waals surface area contributed by atoms with E-state index in [0.717, 1.165) is 17.3 Å². The Kier molecular flexibility index (Phi) is 6.59. The summed E-state index contributed by atoms with van der Waals surface area (Å²) >= 11 is 0. The van der Waals surface area contributed by atoms with Crippen LogP contribution >= 0.6 is 0 Å². The summed E-state index contributed by atoms with van der Waals surface area (Å²) in [6.45, 7) is 3.54. The second-order valence-electron chi connectivity index (χ2n) is 5.65. The van der Waals surface area contributed by atoms with E-state index in [1.165, 1.54) is 24.3 Å². The van der Waals surface area contributed by atoms with Crippen LogP contribution in [0.15, 0.2) is 47.6 Å². The molecule has 0 aromatic heterocycles.